The number of piperidine rings is 1. The van der Waals surface area contributed by atoms with Gasteiger partial charge in [0, 0.05) is 36.1 Å². The molecular weight excluding hydrogens is 678 g/mol. The zero-order valence-electron chi connectivity index (χ0n) is 30.4. The van der Waals surface area contributed by atoms with E-state index in [2.05, 4.69) is 45.9 Å². The van der Waals surface area contributed by atoms with Gasteiger partial charge in [0.25, 0.3) is 0 Å². The van der Waals surface area contributed by atoms with Gasteiger partial charge in [0.15, 0.2) is 17.2 Å². The summed E-state index contributed by atoms with van der Waals surface area (Å²) < 4.78 is 51.3. The van der Waals surface area contributed by atoms with Gasteiger partial charge in [-0.3, -0.25) is 0 Å². The second kappa shape index (κ2) is 11.5. The maximum atomic E-state index is 15.3. The number of hydrogen-bond acceptors (Lipinski definition) is 8. The zero-order valence-corrected chi connectivity index (χ0v) is 30.4. The summed E-state index contributed by atoms with van der Waals surface area (Å²) in [5, 5.41) is 29.3. The first-order valence-corrected chi connectivity index (χ1v) is 18.9. The molecule has 2 bridgehead atoms. The Bertz CT molecular complexity index is 2250. The van der Waals surface area contributed by atoms with Gasteiger partial charge in [0.05, 0.1) is 22.8 Å². The third kappa shape index (κ3) is 4.17. The number of benzene rings is 2. The van der Waals surface area contributed by atoms with Crippen molar-refractivity contribution in [3.63, 3.8) is 0 Å². The SMILES string of the molecule is COC1CCC(n2c([C@]34OC5(c6ccc(F)c(F)c6)C6=C(C=CC5O)C[C@@H]5[C@H](C=C[C@@H]3O)[C@@]64CCN5C)nc3cc(-c4c(C)noc4C)ccc32)CC1. The highest BCUT2D eigenvalue weighted by Gasteiger charge is 2.80. The summed E-state index contributed by atoms with van der Waals surface area (Å²) in [6.45, 7) is 4.54. The normalized spacial score (nSPS) is 36.1. The van der Waals surface area contributed by atoms with Crippen LogP contribution in [-0.4, -0.2) is 74.9 Å². The molecule has 7 atom stereocenters. The number of hydrogen-bond donors (Lipinski definition) is 2. The fraction of sp³-hybridized carbons (Fsp3) is 0.476. The van der Waals surface area contributed by atoms with E-state index in [1.165, 1.54) is 6.07 Å². The van der Waals surface area contributed by atoms with Gasteiger partial charge in [-0.2, -0.15) is 0 Å². The van der Waals surface area contributed by atoms with Gasteiger partial charge in [-0.25, -0.2) is 13.8 Å². The highest BCUT2D eigenvalue weighted by atomic mass is 19.2. The molecule has 2 N–H and O–H groups in total. The number of allylic oxidation sites excluding steroid dienone is 1. The van der Waals surface area contributed by atoms with Crippen molar-refractivity contribution < 1.29 is 33.0 Å². The number of halogens is 2. The average molecular weight is 723 g/mol. The number of ether oxygens (including phenoxy) is 2. The Kier molecular flexibility index (Phi) is 7.29. The molecule has 11 heteroatoms. The van der Waals surface area contributed by atoms with Crippen LogP contribution in [-0.2, 0) is 20.7 Å². The number of methoxy groups -OCH3 is 1. The number of nitrogens with zero attached hydrogens (tertiary/aromatic N) is 4. The van der Waals surface area contributed by atoms with Crippen molar-refractivity contribution in [2.45, 2.75) is 94.0 Å². The highest BCUT2D eigenvalue weighted by Crippen LogP contribution is 2.76. The Morgan fingerprint density at radius 1 is 0.962 bits per heavy atom. The molecule has 0 radical (unpaired) electrons. The predicted molar refractivity (Wildman–Crippen MR) is 193 cm³/mol. The van der Waals surface area contributed by atoms with E-state index in [9.17, 15) is 14.6 Å². The van der Waals surface area contributed by atoms with E-state index in [4.69, 9.17) is 19.0 Å². The van der Waals surface area contributed by atoms with Crippen LogP contribution in [0.25, 0.3) is 22.2 Å². The Labute approximate surface area is 306 Å². The zero-order chi connectivity index (χ0) is 36.6. The summed E-state index contributed by atoms with van der Waals surface area (Å²) >= 11 is 0. The molecule has 53 heavy (non-hydrogen) atoms. The van der Waals surface area contributed by atoms with Crippen LogP contribution >= 0.6 is 0 Å². The van der Waals surface area contributed by atoms with Crippen molar-refractivity contribution in [2.75, 3.05) is 20.7 Å². The van der Waals surface area contributed by atoms with E-state index < -0.39 is 40.5 Å². The van der Waals surface area contributed by atoms with Crippen molar-refractivity contribution in [1.29, 1.82) is 0 Å². The summed E-state index contributed by atoms with van der Waals surface area (Å²) in [7, 11) is 3.90. The van der Waals surface area contributed by atoms with Crippen molar-refractivity contribution >= 4 is 11.0 Å². The lowest BCUT2D eigenvalue weighted by atomic mass is 9.46. The first kappa shape index (κ1) is 33.6. The Hall–Kier alpha value is -4.00. The molecule has 9 nitrogen and oxygen atoms in total. The summed E-state index contributed by atoms with van der Waals surface area (Å²) in [5.74, 6) is -0.818. The Morgan fingerprint density at radius 2 is 1.77 bits per heavy atom. The minimum Gasteiger partial charge on any atom is -0.385 e. The van der Waals surface area contributed by atoms with Gasteiger partial charge < -0.3 is 33.7 Å². The van der Waals surface area contributed by atoms with E-state index in [1.54, 1.807) is 13.2 Å². The number of imidazole rings is 1. The molecule has 4 aromatic rings. The molecule has 4 aliphatic carbocycles. The predicted octanol–water partition coefficient (Wildman–Crippen LogP) is 6.71. The molecule has 2 aromatic heterocycles. The maximum absolute atomic E-state index is 15.3. The molecule has 4 heterocycles. The number of aliphatic hydroxyl groups excluding tert-OH is 2. The third-order valence-electron chi connectivity index (χ3n) is 13.8. The Morgan fingerprint density at radius 3 is 2.51 bits per heavy atom. The summed E-state index contributed by atoms with van der Waals surface area (Å²) in [6.07, 6.45) is 10.1. The lowest BCUT2D eigenvalue weighted by Crippen LogP contribution is -2.66. The number of aromatic nitrogens is 3. The molecular formula is C42H44F2N4O5. The van der Waals surface area contributed by atoms with Crippen LogP contribution in [0.2, 0.25) is 0 Å². The van der Waals surface area contributed by atoms with Crippen LogP contribution in [0.1, 0.15) is 67.4 Å². The minimum atomic E-state index is -1.61. The lowest BCUT2D eigenvalue weighted by molar-refractivity contribution is -0.227. The summed E-state index contributed by atoms with van der Waals surface area (Å²) in [6, 6.07) is 10.1. The fourth-order valence-corrected chi connectivity index (χ4v) is 11.5. The van der Waals surface area contributed by atoms with E-state index in [-0.39, 0.29) is 24.1 Å². The molecule has 10 rings (SSSR count). The molecule has 2 aliphatic heterocycles. The number of aryl methyl sites for hydroxylation is 2. The van der Waals surface area contributed by atoms with Gasteiger partial charge >= 0.3 is 0 Å². The van der Waals surface area contributed by atoms with E-state index in [0.717, 1.165) is 76.8 Å². The van der Waals surface area contributed by atoms with Crippen LogP contribution in [0.15, 0.2) is 76.4 Å². The minimum absolute atomic E-state index is 0.0150. The number of fused-ring (bicyclic) bond motifs is 1. The molecule has 2 aromatic carbocycles. The van der Waals surface area contributed by atoms with Gasteiger partial charge in [-0.1, -0.05) is 41.6 Å². The maximum Gasteiger partial charge on any atom is 0.167 e. The van der Waals surface area contributed by atoms with E-state index in [1.807, 2.05) is 26.0 Å². The van der Waals surface area contributed by atoms with Gasteiger partial charge in [0.2, 0.25) is 0 Å². The topological polar surface area (TPSA) is 106 Å². The van der Waals surface area contributed by atoms with Crippen LogP contribution in [0.3, 0.4) is 0 Å². The quantitative estimate of drug-likeness (QED) is 0.219. The summed E-state index contributed by atoms with van der Waals surface area (Å²) in [4.78, 5) is 7.92. The fourth-order valence-electron chi connectivity index (χ4n) is 11.5. The van der Waals surface area contributed by atoms with Gasteiger partial charge in [0.1, 0.15) is 29.4 Å². The standard InChI is InChI=1S/C42H44F2N4O5/c1-22-37(23(2)52-46-22)24-5-14-33-32(19-24)45-39(48(33)27-8-10-28(51-4)11-9-27)42-36(50)16-12-29-34-20-25-6-15-35(49)41(53-42,26-7-13-30(43)31(44)21-26)38(25)40(29,42)17-18-47(34)3/h5-7,12-16,19,21,27-29,34-36,49-50H,8-11,17-18,20H2,1-4H3/t27?,28?,29-,34+,35?,36-,40-,41?,42+/m0/s1. The highest BCUT2D eigenvalue weighted by molar-refractivity contribution is 5.84. The molecule has 3 fully saturated rings. The van der Waals surface area contributed by atoms with Crippen LogP contribution in [0, 0.1) is 36.8 Å². The second-order valence-corrected chi connectivity index (χ2v) is 16.1. The number of likely N-dealkylation sites (tertiary alicyclic amines) is 1. The van der Waals surface area contributed by atoms with E-state index >= 15 is 4.39 Å². The monoisotopic (exact) mass is 722 g/mol. The number of aliphatic hydroxyl groups is 2. The molecule has 2 unspecified atom stereocenters. The first-order chi connectivity index (χ1) is 25.5. The molecule has 1 saturated carbocycles. The van der Waals surface area contributed by atoms with Gasteiger partial charge in [-0.15, -0.1) is 0 Å². The molecule has 2 saturated heterocycles. The van der Waals surface area contributed by atoms with E-state index in [0.29, 0.717) is 36.5 Å². The molecule has 276 valence electrons. The Balaban J connectivity index is 1.30. The van der Waals surface area contributed by atoms with Crippen molar-refractivity contribution in [3.8, 4) is 11.1 Å². The van der Waals surface area contributed by atoms with Crippen molar-refractivity contribution in [2.24, 2.45) is 11.3 Å². The smallest absolute Gasteiger partial charge is 0.167 e. The largest absolute Gasteiger partial charge is 0.385 e. The van der Waals surface area contributed by atoms with Gasteiger partial charge in [-0.05, 0) is 113 Å². The molecule has 0 amide bonds. The lowest BCUT2D eigenvalue weighted by Gasteiger charge is -2.61. The molecule has 1 spiro atoms. The van der Waals surface area contributed by atoms with Crippen LogP contribution in [0.5, 0.6) is 0 Å². The van der Waals surface area contributed by atoms with Crippen molar-refractivity contribution in [1.82, 2.24) is 19.6 Å². The van der Waals surface area contributed by atoms with Crippen molar-refractivity contribution in [3.05, 3.63) is 106 Å². The number of rotatable bonds is 5. The second-order valence-electron chi connectivity index (χ2n) is 16.1. The first-order valence-electron chi connectivity index (χ1n) is 18.9. The van der Waals surface area contributed by atoms with Crippen LogP contribution in [0.4, 0.5) is 8.78 Å². The molecule has 6 aliphatic rings. The average Bonchev–Trinajstić information content (AvgIpc) is 3.80. The third-order valence-corrected chi connectivity index (χ3v) is 13.8. The van der Waals surface area contributed by atoms with Crippen LogP contribution < -0.4 is 0 Å². The summed E-state index contributed by atoms with van der Waals surface area (Å²) in [5.41, 5.74) is 2.44.